The Morgan fingerprint density at radius 3 is 2.59 bits per heavy atom. The van der Waals surface area contributed by atoms with Gasteiger partial charge in [-0.1, -0.05) is 25.1 Å². The van der Waals surface area contributed by atoms with Crippen molar-refractivity contribution in [1.82, 2.24) is 5.32 Å². The van der Waals surface area contributed by atoms with Gasteiger partial charge in [-0.2, -0.15) is 0 Å². The van der Waals surface area contributed by atoms with Crippen LogP contribution in [0.2, 0.25) is 0 Å². The summed E-state index contributed by atoms with van der Waals surface area (Å²) in [5, 5.41) is 14.6. The largest absolute Gasteiger partial charge is 0.465 e. The first-order valence-corrected chi connectivity index (χ1v) is 10.8. The third-order valence-corrected chi connectivity index (χ3v) is 6.02. The summed E-state index contributed by atoms with van der Waals surface area (Å²) >= 11 is 1.61. The van der Waals surface area contributed by atoms with Crippen LogP contribution in [0, 0.1) is 0 Å². The molecule has 0 bridgehead atoms. The second-order valence-electron chi connectivity index (χ2n) is 7.06. The van der Waals surface area contributed by atoms with Gasteiger partial charge in [0.15, 0.2) is 0 Å². The summed E-state index contributed by atoms with van der Waals surface area (Å²) in [4.78, 5) is 26.0. The molecule has 3 rings (SSSR count). The average molecular weight is 414 g/mol. The van der Waals surface area contributed by atoms with Crippen LogP contribution < -0.4 is 15.5 Å². The van der Waals surface area contributed by atoms with Crippen molar-refractivity contribution in [3.63, 3.8) is 0 Å². The van der Waals surface area contributed by atoms with Crippen molar-refractivity contribution in [2.24, 2.45) is 0 Å². The molecule has 0 unspecified atom stereocenters. The highest BCUT2D eigenvalue weighted by atomic mass is 32.2. The predicted molar refractivity (Wildman–Crippen MR) is 118 cm³/mol. The summed E-state index contributed by atoms with van der Waals surface area (Å²) in [5.41, 5.74) is 3.17. The molecular weight excluding hydrogens is 386 g/mol. The Morgan fingerprint density at radius 1 is 1.17 bits per heavy atom. The Morgan fingerprint density at radius 2 is 1.90 bits per heavy atom. The monoisotopic (exact) mass is 413 g/mol. The molecule has 7 heteroatoms. The minimum Gasteiger partial charge on any atom is -0.465 e. The third-order valence-electron chi connectivity index (χ3n) is 5.00. The summed E-state index contributed by atoms with van der Waals surface area (Å²) < 4.78 is 0. The van der Waals surface area contributed by atoms with Gasteiger partial charge in [-0.25, -0.2) is 4.79 Å². The lowest BCUT2D eigenvalue weighted by Gasteiger charge is -2.40. The molecule has 29 heavy (non-hydrogen) atoms. The molecule has 6 nitrogen and oxygen atoms in total. The van der Waals surface area contributed by atoms with Crippen molar-refractivity contribution in [3.8, 4) is 0 Å². The molecule has 0 saturated carbocycles. The molecule has 2 aromatic carbocycles. The van der Waals surface area contributed by atoms with Crippen LogP contribution in [0.15, 0.2) is 53.4 Å². The van der Waals surface area contributed by atoms with E-state index < -0.39 is 6.09 Å². The number of anilines is 2. The van der Waals surface area contributed by atoms with E-state index in [1.165, 1.54) is 0 Å². The molecule has 3 N–H and O–H groups in total. The quantitative estimate of drug-likeness (QED) is 0.451. The first kappa shape index (κ1) is 21.0. The van der Waals surface area contributed by atoms with Crippen molar-refractivity contribution in [2.75, 3.05) is 22.5 Å². The van der Waals surface area contributed by atoms with Gasteiger partial charge in [0.2, 0.25) is 5.91 Å². The second-order valence-corrected chi connectivity index (χ2v) is 8.23. The maximum absolute atomic E-state index is 12.5. The van der Waals surface area contributed by atoms with E-state index in [9.17, 15) is 9.59 Å². The Hall–Kier alpha value is -2.67. The fraction of sp³-hybridized carbons (Fsp3) is 0.364. The molecule has 0 radical (unpaired) electrons. The van der Waals surface area contributed by atoms with Crippen molar-refractivity contribution in [2.45, 2.75) is 43.7 Å². The van der Waals surface area contributed by atoms with Crippen LogP contribution >= 0.6 is 11.8 Å². The van der Waals surface area contributed by atoms with E-state index >= 15 is 0 Å². The first-order valence-electron chi connectivity index (χ1n) is 9.86. The van der Waals surface area contributed by atoms with Gasteiger partial charge in [0, 0.05) is 41.0 Å². The van der Waals surface area contributed by atoms with Gasteiger partial charge in [-0.15, -0.1) is 11.8 Å². The van der Waals surface area contributed by atoms with Crippen LogP contribution in [-0.4, -0.2) is 35.4 Å². The molecule has 0 fully saturated rings. The average Bonchev–Trinajstić information content (AvgIpc) is 2.72. The first-order chi connectivity index (χ1) is 14.0. The highest BCUT2D eigenvalue weighted by molar-refractivity contribution is 7.99. The lowest BCUT2D eigenvalue weighted by molar-refractivity contribution is -0.118. The number of nitrogens with one attached hydrogen (secondary N) is 2. The molecule has 2 atom stereocenters. The van der Waals surface area contributed by atoms with Crippen molar-refractivity contribution < 1.29 is 14.7 Å². The number of carbonyl (C=O) groups excluding carboxylic acids is 1. The number of carbonyl (C=O) groups is 2. The SMILES string of the molecule is CCC(=O)N1c2ccccc2[C@H](Nc2ccc(SCCNC(=O)O)cc2)C[C@@H]1C. The van der Waals surface area contributed by atoms with E-state index in [1.807, 2.05) is 54.3 Å². The molecule has 1 heterocycles. The Labute approximate surface area is 175 Å². The Balaban J connectivity index is 1.68. The lowest BCUT2D eigenvalue weighted by Crippen LogP contribution is -2.44. The molecule has 0 spiro atoms. The Bertz CT molecular complexity index is 857. The third kappa shape index (κ3) is 5.23. The topological polar surface area (TPSA) is 81.7 Å². The number of amides is 2. The molecular formula is C22H27N3O3S. The summed E-state index contributed by atoms with van der Waals surface area (Å²) in [6.07, 6.45) is 0.351. The van der Waals surface area contributed by atoms with Gasteiger partial charge in [-0.05, 0) is 49.2 Å². The molecule has 1 aliphatic rings. The Kier molecular flexibility index (Phi) is 7.04. The van der Waals surface area contributed by atoms with E-state index in [0.717, 1.165) is 28.3 Å². The van der Waals surface area contributed by atoms with Gasteiger partial charge in [0.25, 0.3) is 0 Å². The van der Waals surface area contributed by atoms with Gasteiger partial charge in [0.1, 0.15) is 0 Å². The number of rotatable bonds is 7. The minimum absolute atomic E-state index is 0.131. The molecule has 0 aromatic heterocycles. The van der Waals surface area contributed by atoms with Crippen molar-refractivity contribution in [3.05, 3.63) is 54.1 Å². The number of hydrogen-bond donors (Lipinski definition) is 3. The minimum atomic E-state index is -0.994. The standard InChI is InChI=1S/C22H27N3O3S/c1-3-21(26)25-15(2)14-19(18-6-4-5-7-20(18)25)24-16-8-10-17(11-9-16)29-13-12-23-22(27)28/h4-11,15,19,23-24H,3,12-14H2,1-2H3,(H,27,28)/t15-,19+/m0/s1. The highest BCUT2D eigenvalue weighted by Crippen LogP contribution is 2.39. The zero-order valence-electron chi connectivity index (χ0n) is 16.7. The number of carboxylic acid groups (broad SMARTS) is 1. The molecule has 0 saturated heterocycles. The van der Waals surface area contributed by atoms with E-state index in [2.05, 4.69) is 23.6 Å². The summed E-state index contributed by atoms with van der Waals surface area (Å²) in [5.74, 6) is 0.843. The molecule has 0 aliphatic carbocycles. The summed E-state index contributed by atoms with van der Waals surface area (Å²) in [7, 11) is 0. The zero-order valence-corrected chi connectivity index (χ0v) is 17.5. The molecule has 2 amide bonds. The number of fused-ring (bicyclic) bond motifs is 1. The van der Waals surface area contributed by atoms with Crippen molar-refractivity contribution in [1.29, 1.82) is 0 Å². The number of nitrogens with zero attached hydrogens (tertiary/aromatic N) is 1. The van der Waals surface area contributed by atoms with Crippen LogP contribution in [0.3, 0.4) is 0 Å². The van der Waals surface area contributed by atoms with Crippen LogP contribution in [0.4, 0.5) is 16.2 Å². The van der Waals surface area contributed by atoms with Gasteiger partial charge >= 0.3 is 6.09 Å². The van der Waals surface area contributed by atoms with E-state index in [4.69, 9.17) is 5.11 Å². The fourth-order valence-corrected chi connectivity index (χ4v) is 4.44. The van der Waals surface area contributed by atoms with Gasteiger partial charge in [-0.3, -0.25) is 4.79 Å². The summed E-state index contributed by atoms with van der Waals surface area (Å²) in [6.45, 7) is 4.42. The van der Waals surface area contributed by atoms with Crippen molar-refractivity contribution >= 4 is 35.1 Å². The smallest absolute Gasteiger partial charge is 0.404 e. The maximum atomic E-state index is 12.5. The van der Waals surface area contributed by atoms with Crippen LogP contribution in [0.25, 0.3) is 0 Å². The fourth-order valence-electron chi connectivity index (χ4n) is 3.68. The number of thioether (sulfide) groups is 1. The van der Waals surface area contributed by atoms with E-state index in [-0.39, 0.29) is 18.0 Å². The second kappa shape index (κ2) is 9.69. The lowest BCUT2D eigenvalue weighted by atomic mass is 9.91. The van der Waals surface area contributed by atoms with E-state index in [1.54, 1.807) is 11.8 Å². The maximum Gasteiger partial charge on any atom is 0.404 e. The number of benzene rings is 2. The molecule has 2 aromatic rings. The van der Waals surface area contributed by atoms with Crippen LogP contribution in [0.1, 0.15) is 38.3 Å². The van der Waals surface area contributed by atoms with Crippen LogP contribution in [-0.2, 0) is 4.79 Å². The molecule has 154 valence electrons. The number of para-hydroxylation sites is 1. The molecule has 1 aliphatic heterocycles. The van der Waals surface area contributed by atoms with E-state index in [0.29, 0.717) is 18.7 Å². The number of hydrogen-bond acceptors (Lipinski definition) is 4. The van der Waals surface area contributed by atoms with Gasteiger partial charge in [0.05, 0.1) is 6.04 Å². The van der Waals surface area contributed by atoms with Crippen LogP contribution in [0.5, 0.6) is 0 Å². The highest BCUT2D eigenvalue weighted by Gasteiger charge is 2.32. The normalized spacial score (nSPS) is 18.1. The predicted octanol–water partition coefficient (Wildman–Crippen LogP) is 4.73. The van der Waals surface area contributed by atoms with Gasteiger partial charge < -0.3 is 20.6 Å². The zero-order chi connectivity index (χ0) is 20.8. The summed E-state index contributed by atoms with van der Waals surface area (Å²) in [6, 6.07) is 16.6.